The van der Waals surface area contributed by atoms with Gasteiger partial charge in [-0.25, -0.2) is 8.42 Å². The van der Waals surface area contributed by atoms with Crippen molar-refractivity contribution in [3.8, 4) is 0 Å². The Labute approximate surface area is 129 Å². The van der Waals surface area contributed by atoms with Gasteiger partial charge in [-0.1, -0.05) is 34.1 Å². The van der Waals surface area contributed by atoms with Crippen molar-refractivity contribution in [1.82, 2.24) is 4.90 Å². The molecule has 4 nitrogen and oxygen atoms in total. The summed E-state index contributed by atoms with van der Waals surface area (Å²) in [4.78, 5) is 2.13. The summed E-state index contributed by atoms with van der Waals surface area (Å²) >= 11 is 3.51. The van der Waals surface area contributed by atoms with E-state index in [0.717, 1.165) is 29.4 Å². The summed E-state index contributed by atoms with van der Waals surface area (Å²) in [5.74, 6) is 0.603. The van der Waals surface area contributed by atoms with Crippen molar-refractivity contribution in [2.45, 2.75) is 24.9 Å². The Bertz CT molecular complexity index is 562. The quantitative estimate of drug-likeness (QED) is 0.871. The molecule has 1 saturated heterocycles. The number of rotatable bonds is 5. The summed E-state index contributed by atoms with van der Waals surface area (Å²) in [6.45, 7) is 0.808. The molecule has 2 N–H and O–H groups in total. The van der Waals surface area contributed by atoms with E-state index in [1.165, 1.54) is 0 Å². The van der Waals surface area contributed by atoms with Crippen molar-refractivity contribution in [2.24, 2.45) is 5.73 Å². The summed E-state index contributed by atoms with van der Waals surface area (Å²) < 4.78 is 24.0. The highest BCUT2D eigenvalue weighted by Crippen LogP contribution is 2.24. The van der Waals surface area contributed by atoms with Crippen molar-refractivity contribution in [2.75, 3.05) is 25.1 Å². The van der Waals surface area contributed by atoms with Crippen molar-refractivity contribution >= 4 is 25.8 Å². The minimum absolute atomic E-state index is 0.0361. The van der Waals surface area contributed by atoms with E-state index < -0.39 is 9.84 Å². The van der Waals surface area contributed by atoms with Crippen molar-refractivity contribution in [3.05, 3.63) is 34.3 Å². The maximum absolute atomic E-state index is 11.5. The van der Waals surface area contributed by atoms with Crippen molar-refractivity contribution in [3.63, 3.8) is 0 Å². The van der Waals surface area contributed by atoms with Crippen molar-refractivity contribution in [1.29, 1.82) is 0 Å². The second kappa shape index (κ2) is 6.56. The first-order valence-electron chi connectivity index (χ1n) is 6.80. The molecule has 1 fully saturated rings. The zero-order valence-corrected chi connectivity index (χ0v) is 14.0. The van der Waals surface area contributed by atoms with Gasteiger partial charge in [0.1, 0.15) is 0 Å². The van der Waals surface area contributed by atoms with E-state index in [9.17, 15) is 8.42 Å². The largest absolute Gasteiger partial charge is 0.324 e. The SMILES string of the molecule is CN(CCC(N)c1ccccc1Br)C1CCS(=O)(=O)C1. The van der Waals surface area contributed by atoms with Crippen LogP contribution in [0.1, 0.15) is 24.4 Å². The molecule has 20 heavy (non-hydrogen) atoms. The summed E-state index contributed by atoms with van der Waals surface area (Å²) in [5, 5.41) is 0. The molecule has 0 saturated carbocycles. The second-order valence-corrected chi connectivity index (χ2v) is 8.54. The highest BCUT2D eigenvalue weighted by molar-refractivity contribution is 9.10. The molecule has 2 rings (SSSR count). The Balaban J connectivity index is 1.88. The average molecular weight is 361 g/mol. The molecular weight excluding hydrogens is 340 g/mol. The lowest BCUT2D eigenvalue weighted by molar-refractivity contribution is 0.252. The van der Waals surface area contributed by atoms with Crippen LogP contribution in [0.3, 0.4) is 0 Å². The third kappa shape index (κ3) is 4.04. The van der Waals surface area contributed by atoms with Gasteiger partial charge in [0.25, 0.3) is 0 Å². The maximum Gasteiger partial charge on any atom is 0.151 e. The van der Waals surface area contributed by atoms with Gasteiger partial charge in [-0.2, -0.15) is 0 Å². The summed E-state index contributed by atoms with van der Waals surface area (Å²) in [5.41, 5.74) is 7.32. The molecule has 112 valence electrons. The fraction of sp³-hybridized carbons (Fsp3) is 0.571. The van der Waals surface area contributed by atoms with Crippen LogP contribution >= 0.6 is 15.9 Å². The molecule has 0 aliphatic carbocycles. The van der Waals surface area contributed by atoms with Gasteiger partial charge in [0.2, 0.25) is 0 Å². The number of nitrogens with two attached hydrogens (primary N) is 1. The molecule has 1 heterocycles. The van der Waals surface area contributed by atoms with Gasteiger partial charge in [-0.15, -0.1) is 0 Å². The highest BCUT2D eigenvalue weighted by atomic mass is 79.9. The lowest BCUT2D eigenvalue weighted by atomic mass is 10.0. The zero-order chi connectivity index (χ0) is 14.8. The second-order valence-electron chi connectivity index (χ2n) is 5.45. The highest BCUT2D eigenvalue weighted by Gasteiger charge is 2.30. The lowest BCUT2D eigenvalue weighted by Gasteiger charge is -2.25. The Kier molecular flexibility index (Phi) is 5.23. The van der Waals surface area contributed by atoms with Gasteiger partial charge in [0.15, 0.2) is 9.84 Å². The van der Waals surface area contributed by atoms with Crippen LogP contribution in [-0.2, 0) is 9.84 Å². The molecule has 2 unspecified atom stereocenters. The summed E-state index contributed by atoms with van der Waals surface area (Å²) in [6.07, 6.45) is 1.55. The number of hydrogen-bond donors (Lipinski definition) is 1. The number of nitrogens with zero attached hydrogens (tertiary/aromatic N) is 1. The topological polar surface area (TPSA) is 63.4 Å². The molecular formula is C14H21BrN2O2S. The van der Waals surface area contributed by atoms with Gasteiger partial charge >= 0.3 is 0 Å². The van der Waals surface area contributed by atoms with E-state index in [4.69, 9.17) is 5.73 Å². The molecule has 1 aliphatic rings. The fourth-order valence-corrected chi connectivity index (χ4v) is 4.96. The molecule has 0 spiro atoms. The van der Waals surface area contributed by atoms with Gasteiger partial charge in [-0.3, -0.25) is 0 Å². The third-order valence-corrected chi connectivity index (χ3v) is 6.40. The Hall–Kier alpha value is -0.430. The van der Waals surface area contributed by atoms with E-state index in [1.807, 2.05) is 31.3 Å². The first-order chi connectivity index (χ1) is 9.39. The Morgan fingerprint density at radius 3 is 2.75 bits per heavy atom. The molecule has 1 aliphatic heterocycles. The van der Waals surface area contributed by atoms with Crippen LogP contribution in [-0.4, -0.2) is 44.5 Å². The fourth-order valence-electron chi connectivity index (χ4n) is 2.58. The lowest BCUT2D eigenvalue weighted by Crippen LogP contribution is -2.34. The average Bonchev–Trinajstić information content (AvgIpc) is 2.76. The first-order valence-corrected chi connectivity index (χ1v) is 9.41. The van der Waals surface area contributed by atoms with Crippen LogP contribution in [0, 0.1) is 0 Å². The van der Waals surface area contributed by atoms with Gasteiger partial charge in [-0.05, 0) is 38.1 Å². The molecule has 0 aromatic heterocycles. The van der Waals surface area contributed by atoms with Crippen LogP contribution in [0.5, 0.6) is 0 Å². The third-order valence-electron chi connectivity index (χ3n) is 3.93. The monoisotopic (exact) mass is 360 g/mol. The Morgan fingerprint density at radius 2 is 2.15 bits per heavy atom. The van der Waals surface area contributed by atoms with E-state index in [-0.39, 0.29) is 17.8 Å². The van der Waals surface area contributed by atoms with Crippen LogP contribution < -0.4 is 5.73 Å². The van der Waals surface area contributed by atoms with E-state index >= 15 is 0 Å². The molecule has 1 aromatic rings. The smallest absolute Gasteiger partial charge is 0.151 e. The molecule has 1 aromatic carbocycles. The summed E-state index contributed by atoms with van der Waals surface area (Å²) in [7, 11) is -0.834. The minimum atomic E-state index is -2.82. The van der Waals surface area contributed by atoms with Crippen molar-refractivity contribution < 1.29 is 8.42 Å². The minimum Gasteiger partial charge on any atom is -0.324 e. The number of halogens is 1. The molecule has 0 amide bonds. The van der Waals surface area contributed by atoms with Gasteiger partial charge in [0, 0.05) is 16.6 Å². The predicted octanol–water partition coefficient (Wildman–Crippen LogP) is 1.96. The normalized spacial score (nSPS) is 23.1. The van der Waals surface area contributed by atoms with Crippen LogP contribution in [0.2, 0.25) is 0 Å². The van der Waals surface area contributed by atoms with Crippen LogP contribution in [0.4, 0.5) is 0 Å². The van der Waals surface area contributed by atoms with E-state index in [2.05, 4.69) is 20.8 Å². The van der Waals surface area contributed by atoms with E-state index in [0.29, 0.717) is 5.75 Å². The first kappa shape index (κ1) is 15.9. The number of hydrogen-bond acceptors (Lipinski definition) is 4. The molecule has 0 radical (unpaired) electrons. The predicted molar refractivity (Wildman–Crippen MR) is 85.4 cm³/mol. The number of benzene rings is 1. The van der Waals surface area contributed by atoms with Crippen LogP contribution in [0.15, 0.2) is 28.7 Å². The summed E-state index contributed by atoms with van der Waals surface area (Å²) in [6, 6.07) is 8.07. The molecule has 0 bridgehead atoms. The van der Waals surface area contributed by atoms with Gasteiger partial charge in [0.05, 0.1) is 11.5 Å². The number of sulfone groups is 1. The zero-order valence-electron chi connectivity index (χ0n) is 11.6. The maximum atomic E-state index is 11.5. The standard InChI is InChI=1S/C14H21BrN2O2S/c1-17(11-7-9-20(18,19)10-11)8-6-14(16)12-4-2-3-5-13(12)15/h2-5,11,14H,6-10,16H2,1H3. The van der Waals surface area contributed by atoms with E-state index in [1.54, 1.807) is 0 Å². The molecule has 6 heteroatoms. The molecule has 2 atom stereocenters. The van der Waals surface area contributed by atoms with Crippen LogP contribution in [0.25, 0.3) is 0 Å². The van der Waals surface area contributed by atoms with Gasteiger partial charge < -0.3 is 10.6 Å². The Morgan fingerprint density at radius 1 is 1.45 bits per heavy atom.